The number of halogens is 1. The molecule has 3 unspecified atom stereocenters. The monoisotopic (exact) mass is 384 g/mol. The number of hydrogen-bond donors (Lipinski definition) is 1. The lowest BCUT2D eigenvalue weighted by Crippen LogP contribution is -2.46. The summed E-state index contributed by atoms with van der Waals surface area (Å²) in [6.07, 6.45) is 5.62. The Morgan fingerprint density at radius 1 is 1.30 bits per heavy atom. The number of carbonyl (C=O) groups is 1. The van der Waals surface area contributed by atoms with Crippen LogP contribution in [-0.2, 0) is 12.8 Å². The number of aromatic nitrogens is 1. The minimum Gasteiger partial charge on any atom is -0.465 e. The van der Waals surface area contributed by atoms with Crippen LogP contribution < -0.4 is 0 Å². The molecule has 1 fully saturated rings. The molecule has 1 amide bonds. The highest BCUT2D eigenvalue weighted by atomic mass is 35.5. The molecule has 1 aromatic carbocycles. The van der Waals surface area contributed by atoms with Crippen LogP contribution in [0.4, 0.5) is 4.79 Å². The Bertz CT molecular complexity index is 854. The molecule has 1 N–H and O–H groups in total. The summed E-state index contributed by atoms with van der Waals surface area (Å²) in [5.74, 6) is 0.596. The molecule has 0 saturated carbocycles. The maximum absolute atomic E-state index is 11.6. The van der Waals surface area contributed by atoms with Gasteiger partial charge in [-0.05, 0) is 72.9 Å². The second-order valence-electron chi connectivity index (χ2n) is 7.69. The lowest BCUT2D eigenvalue weighted by Gasteiger charge is -2.40. The van der Waals surface area contributed by atoms with Crippen molar-refractivity contribution in [1.29, 1.82) is 0 Å². The predicted octanol–water partition coefficient (Wildman–Crippen LogP) is 5.13. The third-order valence-electron chi connectivity index (χ3n) is 6.27. The molecule has 1 saturated heterocycles. The van der Waals surface area contributed by atoms with Crippen molar-refractivity contribution in [2.45, 2.75) is 51.0 Å². The van der Waals surface area contributed by atoms with E-state index in [2.05, 4.69) is 25.1 Å². The van der Waals surface area contributed by atoms with Gasteiger partial charge >= 0.3 is 6.09 Å². The fraction of sp³-hybridized carbons (Fsp3) is 0.455. The highest BCUT2D eigenvalue weighted by Crippen LogP contribution is 2.44. The van der Waals surface area contributed by atoms with Crippen LogP contribution in [0, 0.1) is 5.92 Å². The standard InChI is InChI=1S/C22H25ClN2O2/c1-2-18-13-16(9-11-25(18)22(26)27)20-19-8-7-17(23)12-15(19)6-5-14-4-3-10-24-21(14)20/h3-4,7-8,10,12,16,18,20H,2,5-6,9,11,13H2,1H3,(H,26,27). The van der Waals surface area contributed by atoms with Crippen LogP contribution in [-0.4, -0.2) is 33.7 Å². The van der Waals surface area contributed by atoms with E-state index in [4.69, 9.17) is 16.6 Å². The summed E-state index contributed by atoms with van der Waals surface area (Å²) in [5.41, 5.74) is 5.10. The van der Waals surface area contributed by atoms with Crippen molar-refractivity contribution in [3.63, 3.8) is 0 Å². The number of amides is 1. The highest BCUT2D eigenvalue weighted by Gasteiger charge is 2.38. The van der Waals surface area contributed by atoms with Crippen LogP contribution in [0.2, 0.25) is 5.02 Å². The van der Waals surface area contributed by atoms with Crippen LogP contribution in [0.25, 0.3) is 0 Å². The van der Waals surface area contributed by atoms with Gasteiger partial charge in [-0.15, -0.1) is 0 Å². The summed E-state index contributed by atoms with van der Waals surface area (Å²) in [6, 6.07) is 10.5. The van der Waals surface area contributed by atoms with Crippen LogP contribution in [0.5, 0.6) is 0 Å². The van der Waals surface area contributed by atoms with E-state index in [0.717, 1.165) is 37.1 Å². The minimum absolute atomic E-state index is 0.0763. The highest BCUT2D eigenvalue weighted by molar-refractivity contribution is 6.30. The summed E-state index contributed by atoms with van der Waals surface area (Å²) < 4.78 is 0. The molecule has 0 bridgehead atoms. The van der Waals surface area contributed by atoms with Crippen molar-refractivity contribution < 1.29 is 9.90 Å². The zero-order valence-corrected chi connectivity index (χ0v) is 16.3. The van der Waals surface area contributed by atoms with Crippen LogP contribution >= 0.6 is 11.6 Å². The van der Waals surface area contributed by atoms with Gasteiger partial charge in [-0.25, -0.2) is 4.79 Å². The first kappa shape index (κ1) is 18.3. The molecule has 1 aliphatic heterocycles. The summed E-state index contributed by atoms with van der Waals surface area (Å²) in [5, 5.41) is 10.3. The Hall–Kier alpha value is -2.07. The first-order valence-electron chi connectivity index (χ1n) is 9.80. The van der Waals surface area contributed by atoms with Crippen molar-refractivity contribution in [2.75, 3.05) is 6.54 Å². The van der Waals surface area contributed by atoms with E-state index >= 15 is 0 Å². The van der Waals surface area contributed by atoms with Gasteiger partial charge in [0.15, 0.2) is 0 Å². The van der Waals surface area contributed by atoms with E-state index in [1.807, 2.05) is 18.3 Å². The van der Waals surface area contributed by atoms with Gasteiger partial charge in [0.25, 0.3) is 0 Å². The quantitative estimate of drug-likeness (QED) is 0.780. The smallest absolute Gasteiger partial charge is 0.407 e. The topological polar surface area (TPSA) is 53.4 Å². The number of piperidine rings is 1. The molecule has 142 valence electrons. The summed E-state index contributed by atoms with van der Waals surface area (Å²) >= 11 is 6.29. The number of pyridine rings is 1. The zero-order chi connectivity index (χ0) is 19.0. The van der Waals surface area contributed by atoms with E-state index in [1.165, 1.54) is 22.4 Å². The molecule has 5 heteroatoms. The van der Waals surface area contributed by atoms with Gasteiger partial charge in [0.1, 0.15) is 0 Å². The number of benzene rings is 1. The molecule has 1 aromatic heterocycles. The SMILES string of the molecule is CCC1CC(C2c3ccc(Cl)cc3CCc3cccnc32)CCN1C(=O)O. The zero-order valence-electron chi connectivity index (χ0n) is 15.6. The fourth-order valence-electron chi connectivity index (χ4n) is 4.95. The number of hydrogen-bond acceptors (Lipinski definition) is 2. The number of likely N-dealkylation sites (tertiary alicyclic amines) is 1. The molecule has 1 aliphatic carbocycles. The molecule has 3 atom stereocenters. The van der Waals surface area contributed by atoms with Crippen LogP contribution in [0.3, 0.4) is 0 Å². The van der Waals surface area contributed by atoms with Crippen LogP contribution in [0.15, 0.2) is 36.5 Å². The van der Waals surface area contributed by atoms with E-state index in [9.17, 15) is 9.90 Å². The lowest BCUT2D eigenvalue weighted by molar-refractivity contribution is 0.0844. The second-order valence-corrected chi connectivity index (χ2v) is 8.13. The summed E-state index contributed by atoms with van der Waals surface area (Å²) in [4.78, 5) is 18.0. The first-order chi connectivity index (χ1) is 13.1. The fourth-order valence-corrected chi connectivity index (χ4v) is 5.15. The lowest BCUT2D eigenvalue weighted by atomic mass is 9.74. The van der Waals surface area contributed by atoms with Crippen molar-refractivity contribution in [3.05, 3.63) is 63.9 Å². The summed E-state index contributed by atoms with van der Waals surface area (Å²) in [7, 11) is 0. The molecular formula is C22H25ClN2O2. The largest absolute Gasteiger partial charge is 0.465 e. The molecule has 0 radical (unpaired) electrons. The van der Waals surface area contributed by atoms with E-state index in [-0.39, 0.29) is 12.0 Å². The molecule has 0 spiro atoms. The van der Waals surface area contributed by atoms with Crippen molar-refractivity contribution >= 4 is 17.7 Å². The number of rotatable bonds is 2. The molecule has 2 heterocycles. The van der Waals surface area contributed by atoms with Gasteiger partial charge in [0.2, 0.25) is 0 Å². The normalized spacial score (nSPS) is 24.7. The predicted molar refractivity (Wildman–Crippen MR) is 106 cm³/mol. The molecule has 2 aromatic rings. The van der Waals surface area contributed by atoms with E-state index in [1.54, 1.807) is 4.90 Å². The van der Waals surface area contributed by atoms with Gasteiger partial charge in [-0.3, -0.25) is 4.98 Å². The molecule has 27 heavy (non-hydrogen) atoms. The Labute approximate surface area is 165 Å². The first-order valence-corrected chi connectivity index (χ1v) is 10.2. The van der Waals surface area contributed by atoms with Gasteiger partial charge in [0, 0.05) is 29.7 Å². The van der Waals surface area contributed by atoms with E-state index in [0.29, 0.717) is 12.5 Å². The number of aryl methyl sites for hydroxylation is 2. The Morgan fingerprint density at radius 3 is 2.89 bits per heavy atom. The molecule has 4 nitrogen and oxygen atoms in total. The average molecular weight is 385 g/mol. The number of carboxylic acid groups (broad SMARTS) is 1. The third kappa shape index (κ3) is 3.43. The number of nitrogens with zero attached hydrogens (tertiary/aromatic N) is 2. The minimum atomic E-state index is -0.799. The van der Waals surface area contributed by atoms with Crippen LogP contribution in [0.1, 0.15) is 54.5 Å². The Kier molecular flexibility index (Phi) is 5.09. The second kappa shape index (κ2) is 7.51. The van der Waals surface area contributed by atoms with Crippen molar-refractivity contribution in [1.82, 2.24) is 9.88 Å². The Morgan fingerprint density at radius 2 is 2.11 bits per heavy atom. The van der Waals surface area contributed by atoms with Crippen molar-refractivity contribution in [3.8, 4) is 0 Å². The Balaban J connectivity index is 1.76. The molecule has 4 rings (SSSR count). The van der Waals surface area contributed by atoms with Gasteiger partial charge in [-0.2, -0.15) is 0 Å². The third-order valence-corrected chi connectivity index (χ3v) is 6.50. The van der Waals surface area contributed by atoms with Crippen molar-refractivity contribution in [2.24, 2.45) is 5.92 Å². The molecule has 2 aliphatic rings. The maximum atomic E-state index is 11.6. The number of fused-ring (bicyclic) bond motifs is 2. The summed E-state index contributed by atoms with van der Waals surface area (Å²) in [6.45, 7) is 2.68. The van der Waals surface area contributed by atoms with Gasteiger partial charge in [0.05, 0.1) is 5.69 Å². The van der Waals surface area contributed by atoms with E-state index < -0.39 is 6.09 Å². The maximum Gasteiger partial charge on any atom is 0.407 e. The van der Waals surface area contributed by atoms with Gasteiger partial charge in [-0.1, -0.05) is 30.7 Å². The molecular weight excluding hydrogens is 360 g/mol. The average Bonchev–Trinajstić information content (AvgIpc) is 2.84. The van der Waals surface area contributed by atoms with Gasteiger partial charge < -0.3 is 10.0 Å².